The summed E-state index contributed by atoms with van der Waals surface area (Å²) in [6.07, 6.45) is 0. The Labute approximate surface area is 121 Å². The number of aliphatic imine (C=N–C) groups is 1. The number of guanidine groups is 1. The molecule has 0 bridgehead atoms. The van der Waals surface area contributed by atoms with Crippen molar-refractivity contribution in [1.29, 1.82) is 0 Å². The van der Waals surface area contributed by atoms with E-state index in [1.54, 1.807) is 29.7 Å². The van der Waals surface area contributed by atoms with Crippen LogP contribution in [0.3, 0.4) is 0 Å². The summed E-state index contributed by atoms with van der Waals surface area (Å²) in [5.74, 6) is 0.803. The van der Waals surface area contributed by atoms with Gasteiger partial charge in [0.25, 0.3) is 0 Å². The van der Waals surface area contributed by atoms with Crippen LogP contribution in [0.2, 0.25) is 0 Å². The van der Waals surface area contributed by atoms with Gasteiger partial charge in [0.15, 0.2) is 5.96 Å². The molecule has 0 aliphatic rings. The third-order valence-corrected chi connectivity index (χ3v) is 4.55. The van der Waals surface area contributed by atoms with E-state index in [1.165, 1.54) is 10.4 Å². The molecule has 6 heteroatoms. The van der Waals surface area contributed by atoms with Crippen LogP contribution >= 0.6 is 22.7 Å². The fourth-order valence-electron chi connectivity index (χ4n) is 1.57. The summed E-state index contributed by atoms with van der Waals surface area (Å²) < 4.78 is 0. The second kappa shape index (κ2) is 6.68. The number of rotatable bonds is 4. The van der Waals surface area contributed by atoms with Crippen LogP contribution in [0, 0.1) is 13.8 Å². The standard InChI is InChI=1S/C13H18N4S2/c1-9-10(2)19-12(17-9)7-16-13(14-3)15-6-11-4-5-18-8-11/h4-5,8H,6-7H2,1-3H3,(H2,14,15,16). The molecule has 2 aromatic heterocycles. The van der Waals surface area contributed by atoms with E-state index in [4.69, 9.17) is 0 Å². The highest BCUT2D eigenvalue weighted by atomic mass is 32.1. The number of thiophene rings is 1. The van der Waals surface area contributed by atoms with E-state index in [-0.39, 0.29) is 0 Å². The van der Waals surface area contributed by atoms with Crippen molar-refractivity contribution in [2.24, 2.45) is 4.99 Å². The summed E-state index contributed by atoms with van der Waals surface area (Å²) in [6, 6.07) is 2.11. The monoisotopic (exact) mass is 294 g/mol. The average Bonchev–Trinajstić information content (AvgIpc) is 3.01. The quantitative estimate of drug-likeness (QED) is 0.673. The Kier molecular flexibility index (Phi) is 4.93. The maximum absolute atomic E-state index is 4.50. The second-order valence-electron chi connectivity index (χ2n) is 4.16. The lowest BCUT2D eigenvalue weighted by Gasteiger charge is -2.09. The molecule has 2 aromatic rings. The van der Waals surface area contributed by atoms with Gasteiger partial charge in [0.1, 0.15) is 5.01 Å². The highest BCUT2D eigenvalue weighted by Crippen LogP contribution is 2.15. The minimum atomic E-state index is 0.711. The lowest BCUT2D eigenvalue weighted by atomic mass is 10.3. The van der Waals surface area contributed by atoms with Gasteiger partial charge in [-0.1, -0.05) is 0 Å². The molecule has 0 aromatic carbocycles. The molecule has 102 valence electrons. The van der Waals surface area contributed by atoms with Crippen molar-refractivity contribution in [2.75, 3.05) is 7.05 Å². The first-order valence-corrected chi connectivity index (χ1v) is 7.83. The fourth-order valence-corrected chi connectivity index (χ4v) is 3.12. The van der Waals surface area contributed by atoms with Crippen molar-refractivity contribution in [2.45, 2.75) is 26.9 Å². The molecule has 19 heavy (non-hydrogen) atoms. The lowest BCUT2D eigenvalue weighted by Crippen LogP contribution is -2.36. The number of hydrogen-bond donors (Lipinski definition) is 2. The molecule has 0 aliphatic heterocycles. The van der Waals surface area contributed by atoms with Crippen molar-refractivity contribution in [3.05, 3.63) is 38.0 Å². The topological polar surface area (TPSA) is 49.3 Å². The number of hydrogen-bond acceptors (Lipinski definition) is 4. The van der Waals surface area contributed by atoms with E-state index in [1.807, 2.05) is 6.92 Å². The molecule has 0 unspecified atom stereocenters. The fraction of sp³-hybridized carbons (Fsp3) is 0.385. The van der Waals surface area contributed by atoms with Crippen molar-refractivity contribution in [3.63, 3.8) is 0 Å². The van der Waals surface area contributed by atoms with Gasteiger partial charge in [0, 0.05) is 18.5 Å². The molecule has 2 heterocycles. The van der Waals surface area contributed by atoms with E-state index < -0.39 is 0 Å². The van der Waals surface area contributed by atoms with Gasteiger partial charge in [0.05, 0.1) is 12.2 Å². The third kappa shape index (κ3) is 4.04. The van der Waals surface area contributed by atoms with Crippen molar-refractivity contribution in [3.8, 4) is 0 Å². The maximum atomic E-state index is 4.50. The van der Waals surface area contributed by atoms with Crippen molar-refractivity contribution < 1.29 is 0 Å². The molecule has 0 aliphatic carbocycles. The average molecular weight is 294 g/mol. The Morgan fingerprint density at radius 3 is 2.68 bits per heavy atom. The van der Waals surface area contributed by atoms with Crippen molar-refractivity contribution in [1.82, 2.24) is 15.6 Å². The number of aryl methyl sites for hydroxylation is 2. The normalized spacial score (nSPS) is 11.6. The molecule has 0 atom stereocenters. The van der Waals surface area contributed by atoms with Crippen LogP contribution in [0.15, 0.2) is 21.8 Å². The van der Waals surface area contributed by atoms with Gasteiger partial charge in [0.2, 0.25) is 0 Å². The Balaban J connectivity index is 1.82. The smallest absolute Gasteiger partial charge is 0.191 e. The molecule has 0 radical (unpaired) electrons. The van der Waals surface area contributed by atoms with E-state index in [2.05, 4.69) is 44.4 Å². The first-order chi connectivity index (χ1) is 9.19. The van der Waals surface area contributed by atoms with Crippen LogP contribution < -0.4 is 10.6 Å². The minimum absolute atomic E-state index is 0.711. The molecule has 0 saturated heterocycles. The SMILES string of the molecule is CN=C(NCc1ccsc1)NCc1nc(C)c(C)s1. The largest absolute Gasteiger partial charge is 0.352 e. The Bertz CT molecular complexity index is 523. The highest BCUT2D eigenvalue weighted by Gasteiger charge is 2.04. The number of nitrogens with zero attached hydrogens (tertiary/aromatic N) is 2. The van der Waals surface area contributed by atoms with Gasteiger partial charge in [-0.15, -0.1) is 11.3 Å². The highest BCUT2D eigenvalue weighted by molar-refractivity contribution is 7.11. The van der Waals surface area contributed by atoms with Gasteiger partial charge in [-0.25, -0.2) is 4.98 Å². The van der Waals surface area contributed by atoms with Crippen LogP contribution in [0.1, 0.15) is 21.1 Å². The number of nitrogens with one attached hydrogen (secondary N) is 2. The second-order valence-corrected chi connectivity index (χ2v) is 6.23. The van der Waals surface area contributed by atoms with Crippen LogP contribution in [-0.2, 0) is 13.1 Å². The van der Waals surface area contributed by atoms with Gasteiger partial charge < -0.3 is 10.6 Å². The first-order valence-electron chi connectivity index (χ1n) is 6.07. The van der Waals surface area contributed by atoms with Crippen LogP contribution in [0.4, 0.5) is 0 Å². The molecular formula is C13H18N4S2. The molecule has 4 nitrogen and oxygen atoms in total. The van der Waals surface area contributed by atoms with E-state index in [0.29, 0.717) is 6.54 Å². The zero-order valence-corrected chi connectivity index (χ0v) is 13.0. The summed E-state index contributed by atoms with van der Waals surface area (Å²) in [7, 11) is 1.78. The molecule has 2 N–H and O–H groups in total. The van der Waals surface area contributed by atoms with Crippen LogP contribution in [0.25, 0.3) is 0 Å². The maximum Gasteiger partial charge on any atom is 0.191 e. The number of thiazole rings is 1. The van der Waals surface area contributed by atoms with Crippen LogP contribution in [-0.4, -0.2) is 18.0 Å². The molecule has 2 rings (SSSR count). The molecule has 0 fully saturated rings. The summed E-state index contributed by atoms with van der Waals surface area (Å²) in [5, 5.41) is 11.9. The van der Waals surface area contributed by atoms with Crippen molar-refractivity contribution >= 4 is 28.6 Å². The predicted octanol–water partition coefficient (Wildman–Crippen LogP) is 2.69. The lowest BCUT2D eigenvalue weighted by molar-refractivity contribution is 0.805. The van der Waals surface area contributed by atoms with E-state index >= 15 is 0 Å². The van der Waals surface area contributed by atoms with Gasteiger partial charge in [-0.05, 0) is 36.2 Å². The molecular weight excluding hydrogens is 276 g/mol. The third-order valence-electron chi connectivity index (χ3n) is 2.74. The summed E-state index contributed by atoms with van der Waals surface area (Å²) in [4.78, 5) is 9.98. The predicted molar refractivity (Wildman–Crippen MR) is 82.9 cm³/mol. The van der Waals surface area contributed by atoms with E-state index in [9.17, 15) is 0 Å². The Hall–Kier alpha value is -1.40. The zero-order chi connectivity index (χ0) is 13.7. The summed E-state index contributed by atoms with van der Waals surface area (Å²) in [5.41, 5.74) is 2.39. The Morgan fingerprint density at radius 2 is 2.11 bits per heavy atom. The van der Waals surface area contributed by atoms with Gasteiger partial charge >= 0.3 is 0 Å². The summed E-state index contributed by atoms with van der Waals surface area (Å²) >= 11 is 3.43. The van der Waals surface area contributed by atoms with Crippen LogP contribution in [0.5, 0.6) is 0 Å². The van der Waals surface area contributed by atoms with Gasteiger partial charge in [-0.2, -0.15) is 11.3 Å². The Morgan fingerprint density at radius 1 is 1.32 bits per heavy atom. The summed E-state index contributed by atoms with van der Waals surface area (Å²) in [6.45, 7) is 5.64. The van der Waals surface area contributed by atoms with E-state index in [0.717, 1.165) is 23.2 Å². The minimum Gasteiger partial charge on any atom is -0.352 e. The first kappa shape index (κ1) is 14.0. The zero-order valence-electron chi connectivity index (χ0n) is 11.4. The number of aromatic nitrogens is 1. The molecule has 0 amide bonds. The van der Waals surface area contributed by atoms with Gasteiger partial charge in [-0.3, -0.25) is 4.99 Å². The molecule has 0 spiro atoms. The molecule has 0 saturated carbocycles.